The molecule has 100 valence electrons. The molecule has 1 aromatic carbocycles. The number of benzene rings is 1. The van der Waals surface area contributed by atoms with Crippen molar-refractivity contribution in [2.24, 2.45) is 0 Å². The van der Waals surface area contributed by atoms with Gasteiger partial charge in [0.25, 0.3) is 0 Å². The Kier molecular flexibility index (Phi) is 3.55. The van der Waals surface area contributed by atoms with Gasteiger partial charge in [-0.05, 0) is 25.1 Å². The normalized spacial score (nSPS) is 10.5. The van der Waals surface area contributed by atoms with E-state index in [0.29, 0.717) is 5.69 Å². The van der Waals surface area contributed by atoms with Crippen LogP contribution < -0.4 is 5.32 Å². The first kappa shape index (κ1) is 13.1. The lowest BCUT2D eigenvalue weighted by Gasteiger charge is -2.06. The number of rotatable bonds is 3. The molecule has 19 heavy (non-hydrogen) atoms. The third-order valence-corrected chi connectivity index (χ3v) is 2.41. The second-order valence-electron chi connectivity index (χ2n) is 3.99. The Bertz CT molecular complexity index is 625. The van der Waals surface area contributed by atoms with Gasteiger partial charge in [-0.25, -0.2) is 13.2 Å². The van der Waals surface area contributed by atoms with Gasteiger partial charge in [0.1, 0.15) is 0 Å². The molecule has 7 heteroatoms. The van der Waals surface area contributed by atoms with Gasteiger partial charge in [0.05, 0.1) is 17.8 Å². The molecule has 0 radical (unpaired) electrons. The van der Waals surface area contributed by atoms with Crippen molar-refractivity contribution in [3.63, 3.8) is 0 Å². The lowest BCUT2D eigenvalue weighted by molar-refractivity contribution is -0.115. The summed E-state index contributed by atoms with van der Waals surface area (Å²) in [4.78, 5) is 11.6. The monoisotopic (exact) mass is 269 g/mol. The lowest BCUT2D eigenvalue weighted by atomic mass is 10.2. The molecule has 0 aliphatic rings. The quantitative estimate of drug-likeness (QED) is 0.840. The molecular weight excluding hydrogens is 259 g/mol. The number of carbonyl (C=O) groups excluding carboxylic acids is 1. The van der Waals surface area contributed by atoms with E-state index in [1.54, 1.807) is 13.0 Å². The summed E-state index contributed by atoms with van der Waals surface area (Å²) in [6.45, 7) is 1.77. The summed E-state index contributed by atoms with van der Waals surface area (Å²) in [7, 11) is 0. The average molecular weight is 269 g/mol. The van der Waals surface area contributed by atoms with Crippen LogP contribution in [-0.2, 0) is 11.2 Å². The van der Waals surface area contributed by atoms with Crippen LogP contribution in [0.4, 0.5) is 18.9 Å². The standard InChI is InChI=1S/C12H10F3N3O/c1-6-4-7(18-17-6)5-10(19)16-9-3-2-8(13)11(14)12(9)15/h2-4H,5H2,1H3,(H,16,19)(H,17,18). The van der Waals surface area contributed by atoms with Crippen LogP contribution >= 0.6 is 0 Å². The molecule has 0 saturated carbocycles. The van der Waals surface area contributed by atoms with Crippen molar-refractivity contribution in [2.45, 2.75) is 13.3 Å². The molecule has 0 fully saturated rings. The van der Waals surface area contributed by atoms with E-state index < -0.39 is 29.0 Å². The van der Waals surface area contributed by atoms with Crippen LogP contribution in [0.5, 0.6) is 0 Å². The first-order valence-electron chi connectivity index (χ1n) is 5.41. The van der Waals surface area contributed by atoms with Crippen molar-refractivity contribution < 1.29 is 18.0 Å². The van der Waals surface area contributed by atoms with Gasteiger partial charge in [0.15, 0.2) is 17.5 Å². The topological polar surface area (TPSA) is 57.8 Å². The minimum atomic E-state index is -1.62. The second-order valence-corrected chi connectivity index (χ2v) is 3.99. The van der Waals surface area contributed by atoms with Gasteiger partial charge in [0.2, 0.25) is 5.91 Å². The van der Waals surface area contributed by atoms with E-state index in [9.17, 15) is 18.0 Å². The molecular formula is C12H10F3N3O. The van der Waals surface area contributed by atoms with Crippen molar-refractivity contribution in [2.75, 3.05) is 5.32 Å². The minimum Gasteiger partial charge on any atom is -0.323 e. The molecule has 0 atom stereocenters. The van der Waals surface area contributed by atoms with Crippen LogP contribution in [-0.4, -0.2) is 16.1 Å². The number of aromatic nitrogens is 2. The third-order valence-electron chi connectivity index (χ3n) is 2.41. The number of aromatic amines is 1. The fraction of sp³-hybridized carbons (Fsp3) is 0.167. The highest BCUT2D eigenvalue weighted by Gasteiger charge is 2.15. The molecule has 0 saturated heterocycles. The summed E-state index contributed by atoms with van der Waals surface area (Å²) in [5.74, 6) is -4.92. The number of amides is 1. The third kappa shape index (κ3) is 2.93. The number of H-pyrrole nitrogens is 1. The highest BCUT2D eigenvalue weighted by molar-refractivity contribution is 5.92. The van der Waals surface area contributed by atoms with Crippen LogP contribution in [0.15, 0.2) is 18.2 Å². The van der Waals surface area contributed by atoms with Gasteiger partial charge < -0.3 is 5.32 Å². The van der Waals surface area contributed by atoms with Gasteiger partial charge in [-0.1, -0.05) is 0 Å². The second kappa shape index (κ2) is 5.13. The zero-order valence-corrected chi connectivity index (χ0v) is 9.93. The maximum absolute atomic E-state index is 13.3. The highest BCUT2D eigenvalue weighted by atomic mass is 19.2. The predicted octanol–water partition coefficient (Wildman–Crippen LogP) is 2.32. The summed E-state index contributed by atoms with van der Waals surface area (Å²) in [5.41, 5.74) is 0.843. The molecule has 1 aromatic heterocycles. The SMILES string of the molecule is Cc1cc(CC(=O)Nc2ccc(F)c(F)c2F)n[nH]1. The Hall–Kier alpha value is -2.31. The average Bonchev–Trinajstić information content (AvgIpc) is 2.75. The van der Waals surface area contributed by atoms with Crippen molar-refractivity contribution in [1.29, 1.82) is 0 Å². The van der Waals surface area contributed by atoms with E-state index in [1.807, 2.05) is 0 Å². The van der Waals surface area contributed by atoms with Gasteiger partial charge in [-0.15, -0.1) is 0 Å². The molecule has 1 heterocycles. The number of carbonyl (C=O) groups is 1. The molecule has 2 rings (SSSR count). The Labute approximate surface area is 106 Å². The fourth-order valence-corrected chi connectivity index (χ4v) is 1.55. The van der Waals surface area contributed by atoms with Gasteiger partial charge in [-0.3, -0.25) is 9.89 Å². The first-order valence-corrected chi connectivity index (χ1v) is 5.41. The number of hydrogen-bond donors (Lipinski definition) is 2. The smallest absolute Gasteiger partial charge is 0.230 e. The maximum Gasteiger partial charge on any atom is 0.230 e. The van der Waals surface area contributed by atoms with E-state index in [-0.39, 0.29) is 6.42 Å². The lowest BCUT2D eigenvalue weighted by Crippen LogP contribution is -2.16. The van der Waals surface area contributed by atoms with Crippen LogP contribution in [0.25, 0.3) is 0 Å². The van der Waals surface area contributed by atoms with Gasteiger partial charge in [-0.2, -0.15) is 5.10 Å². The number of anilines is 1. The summed E-state index contributed by atoms with van der Waals surface area (Å²) >= 11 is 0. The number of aryl methyl sites for hydroxylation is 1. The molecule has 1 amide bonds. The molecule has 2 N–H and O–H groups in total. The molecule has 4 nitrogen and oxygen atoms in total. The molecule has 2 aromatic rings. The molecule has 0 spiro atoms. The van der Waals surface area contributed by atoms with Crippen molar-refractivity contribution in [3.05, 3.63) is 47.0 Å². The summed E-state index contributed by atoms with van der Waals surface area (Å²) < 4.78 is 39.0. The molecule has 0 unspecified atom stereocenters. The van der Waals surface area contributed by atoms with E-state index >= 15 is 0 Å². The Balaban J connectivity index is 2.09. The van der Waals surface area contributed by atoms with E-state index in [0.717, 1.165) is 17.8 Å². The molecule has 0 aliphatic heterocycles. The highest BCUT2D eigenvalue weighted by Crippen LogP contribution is 2.19. The summed E-state index contributed by atoms with van der Waals surface area (Å²) in [6.07, 6.45) is -0.0945. The van der Waals surface area contributed by atoms with Crippen molar-refractivity contribution >= 4 is 11.6 Å². The number of nitrogens with one attached hydrogen (secondary N) is 2. The Morgan fingerprint density at radius 1 is 1.32 bits per heavy atom. The first-order chi connectivity index (χ1) is 8.97. The van der Waals surface area contributed by atoms with E-state index in [2.05, 4.69) is 15.5 Å². The van der Waals surface area contributed by atoms with Crippen molar-refractivity contribution in [1.82, 2.24) is 10.2 Å². The summed E-state index contributed by atoms with van der Waals surface area (Å²) in [5, 5.41) is 8.65. The largest absolute Gasteiger partial charge is 0.323 e. The number of nitrogens with zero attached hydrogens (tertiary/aromatic N) is 1. The molecule has 0 bridgehead atoms. The zero-order chi connectivity index (χ0) is 14.0. The van der Waals surface area contributed by atoms with E-state index in [4.69, 9.17) is 0 Å². The number of hydrogen-bond acceptors (Lipinski definition) is 2. The van der Waals surface area contributed by atoms with Crippen LogP contribution in [0.3, 0.4) is 0 Å². The van der Waals surface area contributed by atoms with Crippen LogP contribution in [0, 0.1) is 24.4 Å². The van der Waals surface area contributed by atoms with Crippen molar-refractivity contribution in [3.8, 4) is 0 Å². The molecule has 0 aliphatic carbocycles. The van der Waals surface area contributed by atoms with Gasteiger partial charge in [0, 0.05) is 5.69 Å². The van der Waals surface area contributed by atoms with E-state index in [1.165, 1.54) is 0 Å². The van der Waals surface area contributed by atoms with Gasteiger partial charge >= 0.3 is 0 Å². The summed E-state index contributed by atoms with van der Waals surface area (Å²) in [6, 6.07) is 3.36. The Morgan fingerprint density at radius 3 is 2.68 bits per heavy atom. The zero-order valence-electron chi connectivity index (χ0n) is 9.93. The number of halogens is 3. The minimum absolute atomic E-state index is 0.0945. The predicted molar refractivity (Wildman–Crippen MR) is 62.0 cm³/mol. The fourth-order valence-electron chi connectivity index (χ4n) is 1.55. The maximum atomic E-state index is 13.3. The Morgan fingerprint density at radius 2 is 2.05 bits per heavy atom. The van der Waals surface area contributed by atoms with Crippen LogP contribution in [0.1, 0.15) is 11.4 Å². The van der Waals surface area contributed by atoms with Crippen LogP contribution in [0.2, 0.25) is 0 Å².